The van der Waals surface area contributed by atoms with Gasteiger partial charge in [0.15, 0.2) is 5.78 Å². The molecule has 0 bridgehead atoms. The lowest BCUT2D eigenvalue weighted by atomic mass is 9.89. The molecule has 0 heterocycles. The lowest BCUT2D eigenvalue weighted by molar-refractivity contribution is 0.103. The molecule has 3 heteroatoms. The average molecular weight is 366 g/mol. The van der Waals surface area contributed by atoms with Crippen molar-refractivity contribution >= 4 is 38.1 Å². The molecular formula is C25H18O3. The number of carbonyl (C=O) groups excluding carboxylic acids is 1. The number of benzene rings is 5. The third kappa shape index (κ3) is 2.33. The molecule has 136 valence electrons. The molecule has 0 saturated heterocycles. The van der Waals surface area contributed by atoms with Crippen LogP contribution >= 0.6 is 0 Å². The van der Waals surface area contributed by atoms with Crippen LogP contribution in [0.4, 0.5) is 0 Å². The standard InChI is InChI=1S/C25H18O3/c1-27-18-10-13-21(22(14-18)28-2)25(26)20-12-9-17-7-6-15-4-3-5-16-8-11-19(20)24(17)23(15)16/h3-14H,1-2H3. The Kier molecular flexibility index (Phi) is 3.69. The van der Waals surface area contributed by atoms with Crippen molar-refractivity contribution in [2.24, 2.45) is 0 Å². The van der Waals surface area contributed by atoms with Gasteiger partial charge in [-0.2, -0.15) is 0 Å². The minimum Gasteiger partial charge on any atom is -0.497 e. The Morgan fingerprint density at radius 2 is 1.32 bits per heavy atom. The molecule has 0 radical (unpaired) electrons. The molecule has 5 aromatic carbocycles. The minimum atomic E-state index is -0.0579. The van der Waals surface area contributed by atoms with E-state index in [1.807, 2.05) is 18.2 Å². The van der Waals surface area contributed by atoms with Gasteiger partial charge < -0.3 is 9.47 Å². The maximum atomic E-state index is 13.5. The van der Waals surface area contributed by atoms with E-state index >= 15 is 0 Å². The van der Waals surface area contributed by atoms with Crippen LogP contribution in [0.1, 0.15) is 15.9 Å². The first kappa shape index (κ1) is 16.6. The maximum Gasteiger partial charge on any atom is 0.197 e. The largest absolute Gasteiger partial charge is 0.497 e. The van der Waals surface area contributed by atoms with Crippen molar-refractivity contribution in [3.63, 3.8) is 0 Å². The molecule has 0 aromatic heterocycles. The maximum absolute atomic E-state index is 13.5. The highest BCUT2D eigenvalue weighted by Gasteiger charge is 2.19. The lowest BCUT2D eigenvalue weighted by Crippen LogP contribution is -2.05. The van der Waals surface area contributed by atoms with Gasteiger partial charge in [0.2, 0.25) is 0 Å². The van der Waals surface area contributed by atoms with Gasteiger partial charge in [0.05, 0.1) is 19.8 Å². The first-order valence-electron chi connectivity index (χ1n) is 9.14. The van der Waals surface area contributed by atoms with Gasteiger partial charge in [0.25, 0.3) is 0 Å². The van der Waals surface area contributed by atoms with Gasteiger partial charge in [0.1, 0.15) is 11.5 Å². The SMILES string of the molecule is COc1ccc(C(=O)c2ccc3ccc4cccc5ccc2c3c45)c(OC)c1. The van der Waals surface area contributed by atoms with Crippen molar-refractivity contribution in [3.05, 3.63) is 83.9 Å². The molecule has 0 aliphatic heterocycles. The van der Waals surface area contributed by atoms with Crippen LogP contribution in [0.15, 0.2) is 72.8 Å². The van der Waals surface area contributed by atoms with E-state index in [1.54, 1.807) is 32.4 Å². The van der Waals surface area contributed by atoms with E-state index < -0.39 is 0 Å². The number of rotatable bonds is 4. The predicted octanol–water partition coefficient (Wildman–Crippen LogP) is 5.83. The second kappa shape index (κ2) is 6.24. The normalized spacial score (nSPS) is 11.4. The van der Waals surface area contributed by atoms with Crippen molar-refractivity contribution in [3.8, 4) is 11.5 Å². The molecule has 0 spiro atoms. The summed E-state index contributed by atoms with van der Waals surface area (Å²) in [6, 6.07) is 23.9. The first-order valence-corrected chi connectivity index (χ1v) is 9.14. The van der Waals surface area contributed by atoms with E-state index in [1.165, 1.54) is 16.2 Å². The minimum absolute atomic E-state index is 0.0579. The summed E-state index contributed by atoms with van der Waals surface area (Å²) in [6.07, 6.45) is 0. The van der Waals surface area contributed by atoms with Crippen LogP contribution in [-0.4, -0.2) is 20.0 Å². The van der Waals surface area contributed by atoms with Crippen LogP contribution in [0.25, 0.3) is 32.3 Å². The molecule has 28 heavy (non-hydrogen) atoms. The number of hydrogen-bond acceptors (Lipinski definition) is 3. The van der Waals surface area contributed by atoms with Crippen molar-refractivity contribution in [1.29, 1.82) is 0 Å². The van der Waals surface area contributed by atoms with Crippen molar-refractivity contribution in [2.45, 2.75) is 0 Å². The van der Waals surface area contributed by atoms with E-state index in [0.29, 0.717) is 22.6 Å². The van der Waals surface area contributed by atoms with E-state index in [9.17, 15) is 4.79 Å². The quantitative estimate of drug-likeness (QED) is 0.296. The molecule has 0 aliphatic rings. The summed E-state index contributed by atoms with van der Waals surface area (Å²) in [4.78, 5) is 13.5. The first-order chi connectivity index (χ1) is 13.7. The second-order valence-electron chi connectivity index (χ2n) is 6.86. The zero-order valence-corrected chi connectivity index (χ0v) is 15.7. The molecule has 0 amide bonds. The molecule has 0 atom stereocenters. The summed E-state index contributed by atoms with van der Waals surface area (Å²) < 4.78 is 10.7. The molecule has 0 aliphatic carbocycles. The Hall–Kier alpha value is -3.59. The summed E-state index contributed by atoms with van der Waals surface area (Å²) >= 11 is 0. The Balaban J connectivity index is 1.79. The summed E-state index contributed by atoms with van der Waals surface area (Å²) in [7, 11) is 3.16. The van der Waals surface area contributed by atoms with Crippen LogP contribution in [0, 0.1) is 0 Å². The summed E-state index contributed by atoms with van der Waals surface area (Å²) in [5, 5.41) is 6.80. The highest BCUT2D eigenvalue weighted by molar-refractivity contribution is 6.28. The molecule has 0 saturated carbocycles. The second-order valence-corrected chi connectivity index (χ2v) is 6.86. The summed E-state index contributed by atoms with van der Waals surface area (Å²) in [6.45, 7) is 0. The Morgan fingerprint density at radius 3 is 2.04 bits per heavy atom. The van der Waals surface area contributed by atoms with Gasteiger partial charge in [0, 0.05) is 11.6 Å². The Morgan fingerprint density at radius 1 is 0.679 bits per heavy atom. The predicted molar refractivity (Wildman–Crippen MR) is 113 cm³/mol. The van der Waals surface area contributed by atoms with Crippen LogP contribution in [0.2, 0.25) is 0 Å². The van der Waals surface area contributed by atoms with E-state index in [2.05, 4.69) is 36.4 Å². The molecule has 0 unspecified atom stereocenters. The average Bonchev–Trinajstić information content (AvgIpc) is 2.76. The van der Waals surface area contributed by atoms with Crippen molar-refractivity contribution in [1.82, 2.24) is 0 Å². The number of carbonyl (C=O) groups is 1. The Bertz CT molecular complexity index is 1340. The van der Waals surface area contributed by atoms with Gasteiger partial charge in [-0.1, -0.05) is 48.5 Å². The zero-order valence-electron chi connectivity index (χ0n) is 15.7. The fraction of sp³-hybridized carbons (Fsp3) is 0.0800. The monoisotopic (exact) mass is 366 g/mol. The smallest absolute Gasteiger partial charge is 0.197 e. The Labute approximate surface area is 162 Å². The lowest BCUT2D eigenvalue weighted by Gasteiger charge is -2.14. The number of methoxy groups -OCH3 is 2. The molecule has 0 N–H and O–H groups in total. The van der Waals surface area contributed by atoms with Gasteiger partial charge in [-0.25, -0.2) is 0 Å². The molecule has 3 nitrogen and oxygen atoms in total. The van der Waals surface area contributed by atoms with Gasteiger partial charge in [-0.15, -0.1) is 0 Å². The number of ketones is 1. The van der Waals surface area contributed by atoms with E-state index in [-0.39, 0.29) is 5.78 Å². The van der Waals surface area contributed by atoms with Gasteiger partial charge in [-0.3, -0.25) is 4.79 Å². The van der Waals surface area contributed by atoms with Crippen LogP contribution in [0.5, 0.6) is 11.5 Å². The third-order valence-electron chi connectivity index (χ3n) is 5.43. The van der Waals surface area contributed by atoms with Crippen LogP contribution in [-0.2, 0) is 0 Å². The highest BCUT2D eigenvalue weighted by Crippen LogP contribution is 2.37. The fourth-order valence-corrected chi connectivity index (χ4v) is 4.06. The topological polar surface area (TPSA) is 35.5 Å². The summed E-state index contributed by atoms with van der Waals surface area (Å²) in [5.41, 5.74) is 1.20. The number of hydrogen-bond donors (Lipinski definition) is 0. The number of ether oxygens (including phenoxy) is 2. The van der Waals surface area contributed by atoms with Crippen LogP contribution in [0.3, 0.4) is 0 Å². The van der Waals surface area contributed by atoms with Crippen LogP contribution < -0.4 is 9.47 Å². The van der Waals surface area contributed by atoms with Gasteiger partial charge >= 0.3 is 0 Å². The van der Waals surface area contributed by atoms with Crippen molar-refractivity contribution < 1.29 is 14.3 Å². The molecule has 0 fully saturated rings. The van der Waals surface area contributed by atoms with E-state index in [0.717, 1.165) is 16.2 Å². The summed E-state index contributed by atoms with van der Waals surface area (Å²) in [5.74, 6) is 1.11. The highest BCUT2D eigenvalue weighted by atomic mass is 16.5. The molecular weight excluding hydrogens is 348 g/mol. The van der Waals surface area contributed by atoms with E-state index in [4.69, 9.17) is 9.47 Å². The molecule has 5 rings (SSSR count). The zero-order chi connectivity index (χ0) is 19.3. The molecule has 5 aromatic rings. The fourth-order valence-electron chi connectivity index (χ4n) is 4.06. The third-order valence-corrected chi connectivity index (χ3v) is 5.43. The van der Waals surface area contributed by atoms with Crippen molar-refractivity contribution in [2.75, 3.05) is 14.2 Å². The van der Waals surface area contributed by atoms with Gasteiger partial charge in [-0.05, 0) is 50.5 Å².